The van der Waals surface area contributed by atoms with Gasteiger partial charge in [0.25, 0.3) is 10.1 Å². The molecule has 22 heavy (non-hydrogen) atoms. The van der Waals surface area contributed by atoms with Crippen LogP contribution in [0.4, 0.5) is 0 Å². The molecular weight excluding hydrogens is 300 g/mol. The summed E-state index contributed by atoms with van der Waals surface area (Å²) in [6.45, 7) is 14.6. The van der Waals surface area contributed by atoms with E-state index in [-0.39, 0.29) is 5.75 Å². The number of hydrogen-bond acceptors (Lipinski definition) is 4. The van der Waals surface area contributed by atoms with Crippen molar-refractivity contribution in [1.82, 2.24) is 0 Å². The lowest BCUT2D eigenvalue weighted by Crippen LogP contribution is -2.02. The lowest BCUT2D eigenvalue weighted by molar-refractivity contribution is 0.480. The van der Waals surface area contributed by atoms with Gasteiger partial charge in [0, 0.05) is 0 Å². The first-order valence-corrected chi connectivity index (χ1v) is 8.58. The summed E-state index contributed by atoms with van der Waals surface area (Å²) in [6, 6.07) is 0. The number of nitrogens with zero attached hydrogens (tertiary/aromatic N) is 1. The molecule has 0 amide bonds. The molecule has 0 rings (SSSR count). The summed E-state index contributed by atoms with van der Waals surface area (Å²) < 4.78 is 28.3. The quantitative estimate of drug-likeness (QED) is 0.308. The van der Waals surface area contributed by atoms with Crippen LogP contribution in [0.3, 0.4) is 0 Å². The zero-order valence-corrected chi connectivity index (χ0v) is 14.8. The number of hydrogen-bond donors (Lipinski definition) is 2. The smallest absolute Gasteiger partial charge is 0.264 e. The van der Waals surface area contributed by atoms with Crippen molar-refractivity contribution < 1.29 is 13.0 Å². The monoisotopic (exact) mass is 330 g/mol. The summed E-state index contributed by atoms with van der Waals surface area (Å²) >= 11 is 0. The van der Waals surface area contributed by atoms with Crippen molar-refractivity contribution in [2.75, 3.05) is 12.8 Å². The predicted molar refractivity (Wildman–Crippen MR) is 97.8 cm³/mol. The highest BCUT2D eigenvalue weighted by Gasteiger charge is 2.01. The molecule has 128 valence electrons. The molecule has 0 bridgehead atoms. The Bertz CT molecular complexity index is 454. The third kappa shape index (κ3) is 18.5. The Morgan fingerprint density at radius 2 is 1.73 bits per heavy atom. The van der Waals surface area contributed by atoms with Crippen molar-refractivity contribution >= 4 is 16.8 Å². The number of allylic oxidation sites excluding steroid dienone is 5. The van der Waals surface area contributed by atoms with E-state index < -0.39 is 10.1 Å². The second-order valence-electron chi connectivity index (χ2n) is 3.90. The highest BCUT2D eigenvalue weighted by Crippen LogP contribution is 2.08. The van der Waals surface area contributed by atoms with Crippen LogP contribution in [0.15, 0.2) is 53.7 Å². The van der Waals surface area contributed by atoms with Gasteiger partial charge < -0.3 is 5.73 Å². The van der Waals surface area contributed by atoms with Crippen molar-refractivity contribution in [2.24, 2.45) is 10.7 Å². The average Bonchev–Trinajstić information content (AvgIpc) is 2.49. The Morgan fingerprint density at radius 3 is 2.00 bits per heavy atom. The second kappa shape index (κ2) is 17.6. The largest absolute Gasteiger partial charge is 0.333 e. The van der Waals surface area contributed by atoms with Gasteiger partial charge in [-0.15, -0.1) is 0 Å². The van der Waals surface area contributed by atoms with Crippen molar-refractivity contribution in [1.29, 1.82) is 0 Å². The van der Waals surface area contributed by atoms with Gasteiger partial charge in [-0.2, -0.15) is 8.42 Å². The molecule has 0 aromatic heterocycles. The van der Waals surface area contributed by atoms with E-state index in [1.165, 1.54) is 7.05 Å². The molecule has 6 heteroatoms. The summed E-state index contributed by atoms with van der Waals surface area (Å²) in [5, 5.41) is 0. The molecule has 0 saturated heterocycles. The molecule has 3 N–H and O–H groups in total. The SMILES string of the molecule is C=CC(C=C)=C(/C=C\C)N=C.CCCCCS(=O)(=O)O.CN. The maximum atomic E-state index is 10.1. The molecule has 0 atom stereocenters. The first kappa shape index (κ1) is 25.5. The van der Waals surface area contributed by atoms with Crippen molar-refractivity contribution in [3.8, 4) is 0 Å². The Balaban J connectivity index is -0.000000299. The fourth-order valence-electron chi connectivity index (χ4n) is 1.23. The Hall–Kier alpha value is -1.50. The van der Waals surface area contributed by atoms with Crippen LogP contribution in [-0.2, 0) is 10.1 Å². The lowest BCUT2D eigenvalue weighted by Gasteiger charge is -1.96. The molecular formula is C16H30N2O3S. The molecule has 0 unspecified atom stereocenters. The fourth-order valence-corrected chi connectivity index (χ4v) is 1.79. The van der Waals surface area contributed by atoms with Gasteiger partial charge in [0.15, 0.2) is 0 Å². The lowest BCUT2D eigenvalue weighted by atomic mass is 10.2. The van der Waals surface area contributed by atoms with Gasteiger partial charge in [0.2, 0.25) is 0 Å². The summed E-state index contributed by atoms with van der Waals surface area (Å²) in [5.41, 5.74) is 6.20. The average molecular weight is 330 g/mol. The van der Waals surface area contributed by atoms with Crippen LogP contribution in [0, 0.1) is 0 Å². The van der Waals surface area contributed by atoms with Gasteiger partial charge in [0.05, 0.1) is 11.4 Å². The summed E-state index contributed by atoms with van der Waals surface area (Å²) in [7, 11) is -2.20. The van der Waals surface area contributed by atoms with E-state index in [9.17, 15) is 8.42 Å². The second-order valence-corrected chi connectivity index (χ2v) is 5.47. The summed E-state index contributed by atoms with van der Waals surface area (Å²) in [5.74, 6) is -0.0964. The minimum Gasteiger partial charge on any atom is -0.333 e. The third-order valence-corrected chi connectivity index (χ3v) is 3.04. The van der Waals surface area contributed by atoms with E-state index >= 15 is 0 Å². The van der Waals surface area contributed by atoms with Crippen LogP contribution in [0.1, 0.15) is 33.1 Å². The van der Waals surface area contributed by atoms with Crippen LogP contribution in [0.25, 0.3) is 0 Å². The van der Waals surface area contributed by atoms with E-state index in [0.29, 0.717) is 6.42 Å². The van der Waals surface area contributed by atoms with E-state index in [4.69, 9.17) is 4.55 Å². The molecule has 0 aliphatic carbocycles. The van der Waals surface area contributed by atoms with Gasteiger partial charge in [-0.3, -0.25) is 9.55 Å². The highest BCUT2D eigenvalue weighted by atomic mass is 32.2. The van der Waals surface area contributed by atoms with Crippen LogP contribution in [0.5, 0.6) is 0 Å². The van der Waals surface area contributed by atoms with E-state index in [1.54, 1.807) is 12.2 Å². The minimum absolute atomic E-state index is 0.0964. The normalized spacial score (nSPS) is 9.68. The minimum atomic E-state index is -3.70. The first-order chi connectivity index (χ1) is 10.4. The molecule has 0 aromatic rings. The molecule has 0 radical (unpaired) electrons. The number of nitrogens with two attached hydrogens (primary N) is 1. The molecule has 0 saturated carbocycles. The molecule has 0 aromatic carbocycles. The number of aliphatic imine (C=N–C) groups is 1. The maximum absolute atomic E-state index is 10.1. The van der Waals surface area contributed by atoms with Crippen LogP contribution >= 0.6 is 0 Å². The van der Waals surface area contributed by atoms with Gasteiger partial charge in [-0.1, -0.05) is 51.2 Å². The standard InChI is InChI=1S/C10H13N.C5H12O3S.CH5N/c1-5-8-10(11-4)9(6-2)7-3;1-2-3-4-5-9(6,7)8;1-2/h5-8H,2-4H2,1H3;2-5H2,1H3,(H,6,7,8);2H2,1H3/b8-5-;;. The van der Waals surface area contributed by atoms with Gasteiger partial charge in [0.1, 0.15) is 0 Å². The van der Waals surface area contributed by atoms with Gasteiger partial charge in [-0.25, -0.2) is 0 Å². The molecule has 5 nitrogen and oxygen atoms in total. The Labute approximate surface area is 135 Å². The van der Waals surface area contributed by atoms with Crippen molar-refractivity contribution in [3.63, 3.8) is 0 Å². The fraction of sp³-hybridized carbons (Fsp3) is 0.438. The third-order valence-electron chi connectivity index (χ3n) is 2.24. The van der Waals surface area contributed by atoms with Crippen molar-refractivity contribution in [3.05, 3.63) is 48.7 Å². The van der Waals surface area contributed by atoms with Crippen molar-refractivity contribution in [2.45, 2.75) is 33.1 Å². The molecule has 0 aliphatic heterocycles. The predicted octanol–water partition coefficient (Wildman–Crippen LogP) is 3.53. The van der Waals surface area contributed by atoms with Crippen LogP contribution in [-0.4, -0.2) is 32.5 Å². The van der Waals surface area contributed by atoms with Crippen LogP contribution < -0.4 is 5.73 Å². The zero-order chi connectivity index (χ0) is 18.0. The van der Waals surface area contributed by atoms with E-state index in [0.717, 1.165) is 24.1 Å². The van der Waals surface area contributed by atoms with Gasteiger partial charge >= 0.3 is 0 Å². The number of rotatable bonds is 8. The molecule has 0 spiro atoms. The van der Waals surface area contributed by atoms with E-state index in [2.05, 4.69) is 30.6 Å². The topological polar surface area (TPSA) is 92.8 Å². The molecule has 0 aliphatic rings. The molecule has 0 fully saturated rings. The van der Waals surface area contributed by atoms with Crippen LogP contribution in [0.2, 0.25) is 0 Å². The van der Waals surface area contributed by atoms with E-state index in [1.807, 2.05) is 26.0 Å². The first-order valence-electron chi connectivity index (χ1n) is 6.97. The summed E-state index contributed by atoms with van der Waals surface area (Å²) in [4.78, 5) is 3.82. The Morgan fingerprint density at radius 1 is 1.23 bits per heavy atom. The summed E-state index contributed by atoms with van der Waals surface area (Å²) in [6.07, 6.45) is 9.57. The number of unbranched alkanes of at least 4 members (excludes halogenated alkanes) is 2. The highest BCUT2D eigenvalue weighted by molar-refractivity contribution is 7.85. The zero-order valence-electron chi connectivity index (χ0n) is 14.0. The van der Waals surface area contributed by atoms with Gasteiger partial charge in [-0.05, 0) is 38.8 Å². The molecule has 0 heterocycles. The Kier molecular flexibility index (Phi) is 20.3. The maximum Gasteiger partial charge on any atom is 0.264 e.